The summed E-state index contributed by atoms with van der Waals surface area (Å²) < 4.78 is 0. The molecule has 0 aromatic carbocycles. The highest BCUT2D eigenvalue weighted by atomic mass is 32.1. The Kier molecular flexibility index (Phi) is 3.46. The van der Waals surface area contributed by atoms with Crippen LogP contribution < -0.4 is 4.90 Å². The smallest absolute Gasteiger partial charge is 0.323 e. The van der Waals surface area contributed by atoms with Crippen LogP contribution in [0.2, 0.25) is 0 Å². The van der Waals surface area contributed by atoms with Crippen LogP contribution in [0.4, 0.5) is 5.13 Å². The molecule has 5 heteroatoms. The summed E-state index contributed by atoms with van der Waals surface area (Å²) >= 11 is 1.48. The SMILES string of the molecule is Cc1csc(N(CC(=O)O)C(C)C)n1. The van der Waals surface area contributed by atoms with E-state index >= 15 is 0 Å². The van der Waals surface area contributed by atoms with Crippen LogP contribution in [0.25, 0.3) is 0 Å². The number of aliphatic carboxylic acids is 1. The number of carboxylic acids is 1. The van der Waals surface area contributed by atoms with Gasteiger partial charge < -0.3 is 10.0 Å². The van der Waals surface area contributed by atoms with Crippen molar-refractivity contribution in [3.63, 3.8) is 0 Å². The third kappa shape index (κ3) is 2.70. The second-order valence-electron chi connectivity index (χ2n) is 3.39. The fourth-order valence-corrected chi connectivity index (χ4v) is 2.03. The summed E-state index contributed by atoms with van der Waals surface area (Å²) in [4.78, 5) is 16.7. The summed E-state index contributed by atoms with van der Waals surface area (Å²) in [6.45, 7) is 5.82. The average Bonchev–Trinajstić information content (AvgIpc) is 2.46. The number of hydrogen-bond acceptors (Lipinski definition) is 4. The minimum Gasteiger partial charge on any atom is -0.480 e. The topological polar surface area (TPSA) is 53.4 Å². The molecule has 14 heavy (non-hydrogen) atoms. The molecule has 0 amide bonds. The van der Waals surface area contributed by atoms with Gasteiger partial charge in [0.2, 0.25) is 0 Å². The fraction of sp³-hybridized carbons (Fsp3) is 0.556. The lowest BCUT2D eigenvalue weighted by molar-refractivity contribution is -0.135. The zero-order valence-corrected chi connectivity index (χ0v) is 9.34. The van der Waals surface area contributed by atoms with E-state index in [1.165, 1.54) is 11.3 Å². The van der Waals surface area contributed by atoms with Crippen molar-refractivity contribution < 1.29 is 9.90 Å². The molecule has 0 bridgehead atoms. The van der Waals surface area contributed by atoms with E-state index in [1.54, 1.807) is 4.90 Å². The van der Waals surface area contributed by atoms with Gasteiger partial charge in [0.05, 0.1) is 5.69 Å². The minimum atomic E-state index is -0.827. The first kappa shape index (κ1) is 11.0. The van der Waals surface area contributed by atoms with Gasteiger partial charge in [-0.05, 0) is 20.8 Å². The van der Waals surface area contributed by atoms with Crippen LogP contribution in [-0.2, 0) is 4.79 Å². The van der Waals surface area contributed by atoms with Gasteiger partial charge >= 0.3 is 5.97 Å². The van der Waals surface area contributed by atoms with Crippen molar-refractivity contribution in [1.29, 1.82) is 0 Å². The van der Waals surface area contributed by atoms with Gasteiger partial charge in [-0.15, -0.1) is 11.3 Å². The molecule has 0 aliphatic carbocycles. The molecule has 1 aromatic heterocycles. The number of carboxylic acid groups (broad SMARTS) is 1. The van der Waals surface area contributed by atoms with Gasteiger partial charge in [0.1, 0.15) is 6.54 Å². The van der Waals surface area contributed by atoms with Crippen LogP contribution in [0.1, 0.15) is 19.5 Å². The maximum absolute atomic E-state index is 10.6. The van der Waals surface area contributed by atoms with Crippen LogP contribution in [0.3, 0.4) is 0 Å². The number of carbonyl (C=O) groups is 1. The van der Waals surface area contributed by atoms with Crippen molar-refractivity contribution >= 4 is 22.4 Å². The molecule has 1 rings (SSSR count). The van der Waals surface area contributed by atoms with E-state index in [-0.39, 0.29) is 12.6 Å². The summed E-state index contributed by atoms with van der Waals surface area (Å²) in [6.07, 6.45) is 0. The minimum absolute atomic E-state index is 0.00458. The normalized spacial score (nSPS) is 10.6. The molecule has 0 unspecified atom stereocenters. The predicted octanol–water partition coefficient (Wildman–Crippen LogP) is 1.75. The molecular formula is C9H14N2O2S. The van der Waals surface area contributed by atoms with Crippen LogP contribution in [0.15, 0.2) is 5.38 Å². The van der Waals surface area contributed by atoms with Gasteiger partial charge in [-0.2, -0.15) is 0 Å². The van der Waals surface area contributed by atoms with E-state index in [9.17, 15) is 4.79 Å². The maximum Gasteiger partial charge on any atom is 0.323 e. The Morgan fingerprint density at radius 1 is 1.71 bits per heavy atom. The average molecular weight is 214 g/mol. The molecule has 0 saturated carbocycles. The molecular weight excluding hydrogens is 200 g/mol. The third-order valence-corrected chi connectivity index (χ3v) is 2.78. The Morgan fingerprint density at radius 3 is 2.71 bits per heavy atom. The highest BCUT2D eigenvalue weighted by Gasteiger charge is 2.16. The lowest BCUT2D eigenvalue weighted by atomic mass is 10.3. The highest BCUT2D eigenvalue weighted by molar-refractivity contribution is 7.13. The fourth-order valence-electron chi connectivity index (χ4n) is 1.09. The van der Waals surface area contributed by atoms with Gasteiger partial charge in [0, 0.05) is 11.4 Å². The first-order valence-electron chi connectivity index (χ1n) is 4.41. The van der Waals surface area contributed by atoms with E-state index < -0.39 is 5.97 Å². The molecule has 0 spiro atoms. The Balaban J connectivity index is 2.82. The van der Waals surface area contributed by atoms with E-state index in [0.717, 1.165) is 10.8 Å². The van der Waals surface area contributed by atoms with Gasteiger partial charge in [-0.3, -0.25) is 4.79 Å². The number of rotatable bonds is 4. The first-order chi connectivity index (χ1) is 6.50. The Hall–Kier alpha value is -1.10. The van der Waals surface area contributed by atoms with Crippen molar-refractivity contribution in [3.8, 4) is 0 Å². The van der Waals surface area contributed by atoms with Crippen molar-refractivity contribution in [2.24, 2.45) is 0 Å². The van der Waals surface area contributed by atoms with Crippen LogP contribution in [0.5, 0.6) is 0 Å². The molecule has 0 aliphatic heterocycles. The Labute approximate surface area is 87.2 Å². The monoisotopic (exact) mass is 214 g/mol. The number of aryl methyl sites for hydroxylation is 1. The lowest BCUT2D eigenvalue weighted by Crippen LogP contribution is -2.35. The van der Waals surface area contributed by atoms with Crippen LogP contribution in [0, 0.1) is 6.92 Å². The number of hydrogen-bond donors (Lipinski definition) is 1. The summed E-state index contributed by atoms with van der Waals surface area (Å²) in [5.41, 5.74) is 0.932. The van der Waals surface area contributed by atoms with Crippen molar-refractivity contribution in [3.05, 3.63) is 11.1 Å². The van der Waals surface area contributed by atoms with Crippen LogP contribution >= 0.6 is 11.3 Å². The Morgan fingerprint density at radius 2 is 2.36 bits per heavy atom. The summed E-state index contributed by atoms with van der Waals surface area (Å²) in [5, 5.41) is 11.4. The van der Waals surface area contributed by atoms with Crippen molar-refractivity contribution in [2.75, 3.05) is 11.4 Å². The molecule has 0 saturated heterocycles. The first-order valence-corrected chi connectivity index (χ1v) is 5.29. The van der Waals surface area contributed by atoms with E-state index in [4.69, 9.17) is 5.11 Å². The van der Waals surface area contributed by atoms with Crippen molar-refractivity contribution in [2.45, 2.75) is 26.8 Å². The highest BCUT2D eigenvalue weighted by Crippen LogP contribution is 2.21. The zero-order valence-electron chi connectivity index (χ0n) is 8.52. The molecule has 4 nitrogen and oxygen atoms in total. The molecule has 0 fully saturated rings. The van der Waals surface area contributed by atoms with Gasteiger partial charge in [0.25, 0.3) is 0 Å². The number of nitrogens with zero attached hydrogens (tertiary/aromatic N) is 2. The molecule has 0 aliphatic rings. The second-order valence-corrected chi connectivity index (χ2v) is 4.22. The van der Waals surface area contributed by atoms with E-state index in [1.807, 2.05) is 26.2 Å². The largest absolute Gasteiger partial charge is 0.480 e. The molecule has 1 heterocycles. The van der Waals surface area contributed by atoms with Gasteiger partial charge in [-0.1, -0.05) is 0 Å². The van der Waals surface area contributed by atoms with Crippen LogP contribution in [-0.4, -0.2) is 28.6 Å². The number of aromatic nitrogens is 1. The second kappa shape index (κ2) is 4.41. The van der Waals surface area contributed by atoms with E-state index in [2.05, 4.69) is 4.98 Å². The standard InChI is InChI=1S/C9H14N2O2S/c1-6(2)11(4-8(12)13)9-10-7(3)5-14-9/h5-6H,4H2,1-3H3,(H,12,13). The van der Waals surface area contributed by atoms with Crippen molar-refractivity contribution in [1.82, 2.24) is 4.98 Å². The third-order valence-electron chi connectivity index (χ3n) is 1.78. The van der Waals surface area contributed by atoms with E-state index in [0.29, 0.717) is 0 Å². The molecule has 0 atom stereocenters. The lowest BCUT2D eigenvalue weighted by Gasteiger charge is -2.23. The quantitative estimate of drug-likeness (QED) is 0.829. The summed E-state index contributed by atoms with van der Waals surface area (Å²) in [7, 11) is 0. The molecule has 78 valence electrons. The zero-order chi connectivity index (χ0) is 10.7. The Bertz CT molecular complexity index is 322. The number of thiazole rings is 1. The maximum atomic E-state index is 10.6. The predicted molar refractivity (Wildman–Crippen MR) is 57.0 cm³/mol. The molecule has 0 radical (unpaired) electrons. The summed E-state index contributed by atoms with van der Waals surface area (Å²) in [6, 6.07) is 0.150. The summed E-state index contributed by atoms with van der Waals surface area (Å²) in [5.74, 6) is -0.827. The van der Waals surface area contributed by atoms with Gasteiger partial charge in [0.15, 0.2) is 5.13 Å². The number of anilines is 1. The van der Waals surface area contributed by atoms with Gasteiger partial charge in [-0.25, -0.2) is 4.98 Å². The molecule has 1 aromatic rings. The molecule has 1 N–H and O–H groups in total.